The molecule has 150 valence electrons. The van der Waals surface area contributed by atoms with Crippen molar-refractivity contribution in [2.45, 2.75) is 32.7 Å². The molecule has 2 aromatic carbocycles. The predicted molar refractivity (Wildman–Crippen MR) is 113 cm³/mol. The zero-order chi connectivity index (χ0) is 21.1. The predicted octanol–water partition coefficient (Wildman–Crippen LogP) is 3.90. The summed E-state index contributed by atoms with van der Waals surface area (Å²) in [5.74, 6) is -0.579. The van der Waals surface area contributed by atoms with Crippen molar-refractivity contribution in [3.63, 3.8) is 0 Å². The highest BCUT2D eigenvalue weighted by Crippen LogP contribution is 2.23. The number of fused-ring (bicyclic) bond motifs is 1. The number of carbonyl (C=O) groups excluding carboxylic acids is 2. The van der Waals surface area contributed by atoms with Crippen LogP contribution in [-0.4, -0.2) is 21.4 Å². The smallest absolute Gasteiger partial charge is 0.291 e. The first-order chi connectivity index (χ1) is 14.6. The van der Waals surface area contributed by atoms with Crippen LogP contribution in [-0.2, 0) is 13.0 Å². The van der Waals surface area contributed by atoms with Crippen LogP contribution < -0.4 is 10.6 Å². The Morgan fingerprint density at radius 2 is 1.90 bits per heavy atom. The number of imidazole rings is 1. The zero-order valence-electron chi connectivity index (χ0n) is 16.6. The van der Waals surface area contributed by atoms with Gasteiger partial charge in [0.25, 0.3) is 11.8 Å². The van der Waals surface area contributed by atoms with Gasteiger partial charge >= 0.3 is 0 Å². The van der Waals surface area contributed by atoms with Crippen molar-refractivity contribution in [3.8, 4) is 6.07 Å². The molecule has 2 amide bonds. The number of aromatic nitrogens is 2. The van der Waals surface area contributed by atoms with E-state index in [4.69, 9.17) is 0 Å². The van der Waals surface area contributed by atoms with Gasteiger partial charge in [-0.05, 0) is 56.0 Å². The van der Waals surface area contributed by atoms with Gasteiger partial charge in [0.05, 0.1) is 16.9 Å². The molecular weight excluding hydrogens is 378 g/mol. The normalized spacial score (nSPS) is 12.5. The first-order valence-electron chi connectivity index (χ1n) is 9.84. The monoisotopic (exact) mass is 399 g/mol. The molecule has 0 atom stereocenters. The maximum absolute atomic E-state index is 13.0. The Morgan fingerprint density at radius 3 is 2.70 bits per heavy atom. The largest absolute Gasteiger partial charge is 0.323 e. The van der Waals surface area contributed by atoms with Gasteiger partial charge in [0, 0.05) is 12.2 Å². The fraction of sp³-hybridized carbons (Fsp3) is 0.217. The van der Waals surface area contributed by atoms with Gasteiger partial charge in [0.15, 0.2) is 11.5 Å². The molecule has 7 nitrogen and oxygen atoms in total. The van der Waals surface area contributed by atoms with Crippen molar-refractivity contribution in [1.29, 1.82) is 5.26 Å². The van der Waals surface area contributed by atoms with E-state index in [0.717, 1.165) is 24.1 Å². The van der Waals surface area contributed by atoms with Gasteiger partial charge in [-0.25, -0.2) is 4.98 Å². The second kappa shape index (κ2) is 8.21. The van der Waals surface area contributed by atoms with Gasteiger partial charge in [0.2, 0.25) is 0 Å². The Morgan fingerprint density at radius 1 is 1.07 bits per heavy atom. The van der Waals surface area contributed by atoms with Crippen LogP contribution in [0.15, 0.2) is 48.5 Å². The van der Waals surface area contributed by atoms with Crippen molar-refractivity contribution >= 4 is 23.2 Å². The zero-order valence-corrected chi connectivity index (χ0v) is 16.6. The molecule has 0 unspecified atom stereocenters. The number of amides is 2. The van der Waals surface area contributed by atoms with E-state index in [0.29, 0.717) is 29.9 Å². The first-order valence-corrected chi connectivity index (χ1v) is 9.84. The van der Waals surface area contributed by atoms with Crippen LogP contribution in [0.5, 0.6) is 0 Å². The summed E-state index contributed by atoms with van der Waals surface area (Å²) in [6, 6.07) is 16.4. The molecule has 1 aliphatic rings. The number of hydrogen-bond acceptors (Lipinski definition) is 4. The lowest BCUT2D eigenvalue weighted by atomic mass is 10.1. The molecule has 0 radical (unpaired) electrons. The summed E-state index contributed by atoms with van der Waals surface area (Å²) in [6.45, 7) is 2.58. The van der Waals surface area contributed by atoms with Crippen LogP contribution in [0.4, 0.5) is 11.4 Å². The average Bonchev–Trinajstić information content (AvgIpc) is 3.14. The summed E-state index contributed by atoms with van der Waals surface area (Å²) in [5.41, 5.74) is 3.56. The van der Waals surface area contributed by atoms with Crippen LogP contribution >= 0.6 is 0 Å². The van der Waals surface area contributed by atoms with E-state index < -0.39 is 5.91 Å². The van der Waals surface area contributed by atoms with Crippen LogP contribution in [0.25, 0.3) is 0 Å². The van der Waals surface area contributed by atoms with E-state index in [1.807, 2.05) is 35.8 Å². The summed E-state index contributed by atoms with van der Waals surface area (Å²) in [7, 11) is 0. The molecule has 0 aliphatic carbocycles. The summed E-state index contributed by atoms with van der Waals surface area (Å²) in [4.78, 5) is 30.3. The van der Waals surface area contributed by atoms with E-state index in [2.05, 4.69) is 21.7 Å². The van der Waals surface area contributed by atoms with Crippen molar-refractivity contribution < 1.29 is 9.59 Å². The first kappa shape index (κ1) is 19.4. The number of hydrogen-bond donors (Lipinski definition) is 2. The molecule has 3 aromatic rings. The minimum atomic E-state index is -0.435. The minimum Gasteiger partial charge on any atom is -0.323 e. The van der Waals surface area contributed by atoms with Crippen molar-refractivity contribution in [2.24, 2.45) is 0 Å². The Balaban J connectivity index is 1.65. The quantitative estimate of drug-likeness (QED) is 0.695. The Kier molecular flexibility index (Phi) is 5.31. The number of carbonyl (C=O) groups is 2. The molecular formula is C23H21N5O2. The summed E-state index contributed by atoms with van der Waals surface area (Å²) >= 11 is 0. The molecule has 1 aliphatic heterocycles. The van der Waals surface area contributed by atoms with Gasteiger partial charge in [-0.1, -0.05) is 24.3 Å². The molecule has 0 saturated carbocycles. The molecule has 2 N–H and O–H groups in total. The van der Waals surface area contributed by atoms with Gasteiger partial charge < -0.3 is 15.2 Å². The number of nitrogens with one attached hydrogen (secondary N) is 2. The van der Waals surface area contributed by atoms with E-state index in [-0.39, 0.29) is 17.4 Å². The van der Waals surface area contributed by atoms with Crippen LogP contribution in [0.2, 0.25) is 0 Å². The Bertz CT molecular complexity index is 1170. The van der Waals surface area contributed by atoms with Crippen LogP contribution in [0.3, 0.4) is 0 Å². The van der Waals surface area contributed by atoms with E-state index in [1.54, 1.807) is 24.3 Å². The Hall–Kier alpha value is -3.92. The van der Waals surface area contributed by atoms with Crippen molar-refractivity contribution in [2.75, 3.05) is 10.6 Å². The lowest BCUT2D eigenvalue weighted by Crippen LogP contribution is -2.21. The van der Waals surface area contributed by atoms with E-state index in [1.165, 1.54) is 0 Å². The fourth-order valence-electron chi connectivity index (χ4n) is 3.68. The molecule has 0 fully saturated rings. The molecule has 0 spiro atoms. The number of nitrogens with zero attached hydrogens (tertiary/aromatic N) is 3. The van der Waals surface area contributed by atoms with Crippen LogP contribution in [0.1, 0.15) is 50.8 Å². The number of rotatable bonds is 4. The van der Waals surface area contributed by atoms with Gasteiger partial charge in [0.1, 0.15) is 6.07 Å². The third-order valence-electron chi connectivity index (χ3n) is 5.11. The SMILES string of the molecule is Cc1cccc(NC(=O)c2nc(C(=O)Nc3ccccc3C#N)n3c2CCCC3)c1. The van der Waals surface area contributed by atoms with Gasteiger partial charge in [-0.2, -0.15) is 5.26 Å². The fourth-order valence-corrected chi connectivity index (χ4v) is 3.68. The second-order valence-electron chi connectivity index (χ2n) is 7.27. The maximum atomic E-state index is 13.0. The molecule has 30 heavy (non-hydrogen) atoms. The lowest BCUT2D eigenvalue weighted by Gasteiger charge is -2.17. The molecule has 7 heteroatoms. The lowest BCUT2D eigenvalue weighted by molar-refractivity contribution is 0.101. The molecule has 4 rings (SSSR count). The van der Waals surface area contributed by atoms with Crippen molar-refractivity contribution in [1.82, 2.24) is 9.55 Å². The Labute approximate surface area is 174 Å². The molecule has 2 heterocycles. The molecule has 0 saturated heterocycles. The van der Waals surface area contributed by atoms with Crippen molar-refractivity contribution in [3.05, 3.63) is 76.9 Å². The molecule has 0 bridgehead atoms. The topological polar surface area (TPSA) is 99.8 Å². The highest BCUT2D eigenvalue weighted by molar-refractivity contribution is 6.07. The number of nitriles is 1. The maximum Gasteiger partial charge on any atom is 0.291 e. The van der Waals surface area contributed by atoms with Gasteiger partial charge in [-0.15, -0.1) is 0 Å². The van der Waals surface area contributed by atoms with E-state index >= 15 is 0 Å². The summed E-state index contributed by atoms with van der Waals surface area (Å²) in [5, 5.41) is 14.9. The number of benzene rings is 2. The number of aryl methyl sites for hydroxylation is 1. The molecule has 1 aromatic heterocycles. The second-order valence-corrected chi connectivity index (χ2v) is 7.27. The standard InChI is InChI=1S/C23H21N5O2/c1-15-7-6-9-17(13-15)25-22(29)20-19-11-4-5-12-28(19)21(27-20)23(30)26-18-10-3-2-8-16(18)14-24/h2-3,6-10,13H,4-5,11-12H2,1H3,(H,25,29)(H,26,30). The third kappa shape index (κ3) is 3.80. The summed E-state index contributed by atoms with van der Waals surface area (Å²) < 4.78 is 1.82. The van der Waals surface area contributed by atoms with Crippen LogP contribution in [0, 0.1) is 18.3 Å². The number of para-hydroxylation sites is 1. The summed E-state index contributed by atoms with van der Waals surface area (Å²) in [6.07, 6.45) is 2.54. The third-order valence-corrected chi connectivity index (χ3v) is 5.11. The minimum absolute atomic E-state index is 0.187. The highest BCUT2D eigenvalue weighted by atomic mass is 16.2. The van der Waals surface area contributed by atoms with E-state index in [9.17, 15) is 14.9 Å². The average molecular weight is 399 g/mol. The van der Waals surface area contributed by atoms with Gasteiger partial charge in [-0.3, -0.25) is 9.59 Å². The highest BCUT2D eigenvalue weighted by Gasteiger charge is 2.28. The number of anilines is 2.